The van der Waals surface area contributed by atoms with Crippen molar-refractivity contribution < 1.29 is 39.5 Å². The first-order valence-corrected chi connectivity index (χ1v) is 9.98. The lowest BCUT2D eigenvalue weighted by Crippen LogP contribution is -2.28. The molecule has 0 fully saturated rings. The van der Waals surface area contributed by atoms with E-state index in [0.29, 0.717) is 0 Å². The van der Waals surface area contributed by atoms with Gasteiger partial charge in [-0.05, 0) is 18.2 Å². The monoisotopic (exact) mass is 479 g/mol. The van der Waals surface area contributed by atoms with Crippen LogP contribution in [0.1, 0.15) is 0 Å². The molecule has 8 nitrogen and oxygen atoms in total. The second-order valence-electron chi connectivity index (χ2n) is 6.09. The largest absolute Gasteiger partial charge is 0.435 e. The van der Waals surface area contributed by atoms with Gasteiger partial charge in [0.25, 0.3) is 0 Å². The van der Waals surface area contributed by atoms with Crippen LogP contribution >= 0.6 is 0 Å². The summed E-state index contributed by atoms with van der Waals surface area (Å²) in [5, 5.41) is 0. The number of aromatic nitrogens is 3. The van der Waals surface area contributed by atoms with Crippen LogP contribution in [0.3, 0.4) is 0 Å². The highest BCUT2D eigenvalue weighted by molar-refractivity contribution is 7.92. The Bertz CT molecular complexity index is 1270. The Labute approximate surface area is 176 Å². The summed E-state index contributed by atoms with van der Waals surface area (Å²) in [6, 6.07) is 4.53. The average Bonchev–Trinajstić information content (AvgIpc) is 2.68. The van der Waals surface area contributed by atoms with Crippen LogP contribution < -0.4 is 15.2 Å². The van der Waals surface area contributed by atoms with Gasteiger partial charge >= 0.3 is 6.18 Å². The Balaban J connectivity index is 1.97. The van der Waals surface area contributed by atoms with Crippen LogP contribution in [-0.4, -0.2) is 35.3 Å². The summed E-state index contributed by atoms with van der Waals surface area (Å²) >= 11 is 0. The molecular weight excluding hydrogens is 468 g/mol. The smallest absolute Gasteiger partial charge is 0.404 e. The van der Waals surface area contributed by atoms with Gasteiger partial charge in [0.1, 0.15) is 5.69 Å². The number of hydrogen-bond donors (Lipinski definition) is 2. The zero-order chi connectivity index (χ0) is 23.7. The van der Waals surface area contributed by atoms with E-state index >= 15 is 0 Å². The zero-order valence-electron chi connectivity index (χ0n) is 15.5. The number of anilines is 2. The number of alkyl halides is 3. The van der Waals surface area contributed by atoms with Gasteiger partial charge in [0.15, 0.2) is 23.1 Å². The molecule has 3 N–H and O–H groups in total. The molecule has 3 aromatic rings. The van der Waals surface area contributed by atoms with E-state index in [2.05, 4.69) is 15.0 Å². The molecule has 32 heavy (non-hydrogen) atoms. The number of nitrogens with one attached hydrogen (secondary N) is 1. The molecule has 3 rings (SSSR count). The molecule has 0 radical (unpaired) electrons. The number of benzene rings is 1. The van der Waals surface area contributed by atoms with Crippen molar-refractivity contribution >= 4 is 21.7 Å². The van der Waals surface area contributed by atoms with Gasteiger partial charge in [-0.3, -0.25) is 4.72 Å². The van der Waals surface area contributed by atoms with Crippen molar-refractivity contribution in [3.63, 3.8) is 0 Å². The van der Waals surface area contributed by atoms with Gasteiger partial charge in [-0.25, -0.2) is 32.2 Å². The summed E-state index contributed by atoms with van der Waals surface area (Å²) in [4.78, 5) is 11.5. The van der Waals surface area contributed by atoms with E-state index in [0.717, 1.165) is 4.72 Å². The molecule has 0 spiro atoms. The topological polar surface area (TPSA) is 120 Å². The zero-order valence-corrected chi connectivity index (χ0v) is 16.3. The number of pyridine rings is 1. The van der Waals surface area contributed by atoms with Crippen molar-refractivity contribution in [2.45, 2.75) is 6.18 Å². The molecule has 0 bridgehead atoms. The SMILES string of the molecule is Nc1nccc(-c2cccnc2Oc2cc(F)c(NS(=O)(=O)CC(F)(F)F)c(F)c2F)n1. The maximum Gasteiger partial charge on any atom is 0.404 e. The van der Waals surface area contributed by atoms with Gasteiger partial charge in [0.2, 0.25) is 27.7 Å². The summed E-state index contributed by atoms with van der Waals surface area (Å²) in [6.07, 6.45) is -2.68. The summed E-state index contributed by atoms with van der Waals surface area (Å²) < 4.78 is 109. The average molecular weight is 479 g/mol. The van der Waals surface area contributed by atoms with Crippen molar-refractivity contribution in [3.8, 4) is 22.9 Å². The first kappa shape index (κ1) is 23.1. The van der Waals surface area contributed by atoms with E-state index in [9.17, 15) is 34.8 Å². The highest BCUT2D eigenvalue weighted by Gasteiger charge is 2.36. The molecule has 0 amide bonds. The maximum atomic E-state index is 14.4. The number of ether oxygens (including phenoxy) is 1. The molecule has 0 aliphatic carbocycles. The van der Waals surface area contributed by atoms with Crippen LogP contribution in [0.25, 0.3) is 11.3 Å². The van der Waals surface area contributed by atoms with Crippen molar-refractivity contribution in [2.24, 2.45) is 0 Å². The molecule has 0 aliphatic rings. The third kappa shape index (κ3) is 5.35. The lowest BCUT2D eigenvalue weighted by molar-refractivity contribution is -0.106. The summed E-state index contributed by atoms with van der Waals surface area (Å²) in [5.74, 6) is -9.68. The van der Waals surface area contributed by atoms with Gasteiger partial charge in [0, 0.05) is 18.5 Å². The predicted molar refractivity (Wildman–Crippen MR) is 99.5 cm³/mol. The fraction of sp³-hybridized carbons (Fsp3) is 0.118. The summed E-state index contributed by atoms with van der Waals surface area (Å²) in [5.41, 5.74) is 4.18. The van der Waals surface area contributed by atoms with E-state index in [4.69, 9.17) is 10.5 Å². The van der Waals surface area contributed by atoms with Gasteiger partial charge < -0.3 is 10.5 Å². The molecule has 0 aliphatic heterocycles. The summed E-state index contributed by atoms with van der Waals surface area (Å²) in [6.45, 7) is 0. The number of nitrogens with two attached hydrogens (primary N) is 1. The predicted octanol–water partition coefficient (Wildman–Crippen LogP) is 3.63. The van der Waals surface area contributed by atoms with Crippen molar-refractivity contribution in [1.29, 1.82) is 0 Å². The fourth-order valence-corrected chi connectivity index (χ4v) is 3.44. The molecule has 2 heterocycles. The number of halogens is 6. The van der Waals surface area contributed by atoms with Gasteiger partial charge in [-0.1, -0.05) is 0 Å². The third-order valence-electron chi connectivity index (χ3n) is 3.66. The number of sulfonamides is 1. The normalized spacial score (nSPS) is 11.9. The molecular formula is C17H11F6N5O3S. The standard InChI is InChI=1S/C17H11F6N5O3S/c18-9-6-11(12(19)13(20)14(9)28-32(29,30)7-17(21,22)23)31-15-8(2-1-4-25-15)10-3-5-26-16(24)27-10/h1-6,28H,7H2,(H2,24,26,27). The van der Waals surface area contributed by atoms with E-state index in [1.54, 1.807) is 0 Å². The second kappa shape index (κ2) is 8.49. The van der Waals surface area contributed by atoms with Crippen LogP contribution in [0.15, 0.2) is 36.7 Å². The van der Waals surface area contributed by atoms with E-state index in [1.165, 1.54) is 30.6 Å². The minimum Gasteiger partial charge on any atom is -0.435 e. The Hall–Kier alpha value is -3.62. The molecule has 0 saturated carbocycles. The van der Waals surface area contributed by atoms with Gasteiger partial charge in [0.05, 0.1) is 11.3 Å². The maximum absolute atomic E-state index is 14.4. The minimum absolute atomic E-state index is 0.115. The van der Waals surface area contributed by atoms with Crippen LogP contribution in [-0.2, 0) is 10.0 Å². The van der Waals surface area contributed by atoms with E-state index in [-0.39, 0.29) is 29.2 Å². The number of nitrogens with zero attached hydrogens (tertiary/aromatic N) is 3. The van der Waals surface area contributed by atoms with Crippen LogP contribution in [0.4, 0.5) is 38.0 Å². The van der Waals surface area contributed by atoms with Gasteiger partial charge in [-0.2, -0.15) is 17.6 Å². The van der Waals surface area contributed by atoms with Crippen LogP contribution in [0, 0.1) is 17.5 Å². The molecule has 0 atom stereocenters. The molecule has 1 aromatic carbocycles. The third-order valence-corrected chi connectivity index (χ3v) is 4.89. The highest BCUT2D eigenvalue weighted by Crippen LogP contribution is 2.35. The van der Waals surface area contributed by atoms with Crippen molar-refractivity contribution in [2.75, 3.05) is 16.2 Å². The Morgan fingerprint density at radius 1 is 1.06 bits per heavy atom. The lowest BCUT2D eigenvalue weighted by atomic mass is 10.2. The first-order chi connectivity index (χ1) is 14.9. The van der Waals surface area contributed by atoms with E-state index < -0.39 is 50.8 Å². The van der Waals surface area contributed by atoms with Crippen LogP contribution in [0.5, 0.6) is 11.6 Å². The Morgan fingerprint density at radius 2 is 1.78 bits per heavy atom. The van der Waals surface area contributed by atoms with Gasteiger partial charge in [-0.15, -0.1) is 0 Å². The molecule has 170 valence electrons. The number of nitrogen functional groups attached to an aromatic ring is 1. The molecule has 2 aromatic heterocycles. The number of hydrogen-bond acceptors (Lipinski definition) is 7. The van der Waals surface area contributed by atoms with Crippen LogP contribution in [0.2, 0.25) is 0 Å². The van der Waals surface area contributed by atoms with E-state index in [1.807, 2.05) is 0 Å². The Kier molecular flexibility index (Phi) is 6.11. The second-order valence-corrected chi connectivity index (χ2v) is 7.82. The van der Waals surface area contributed by atoms with Crippen molar-refractivity contribution in [3.05, 3.63) is 54.1 Å². The molecule has 0 saturated heterocycles. The first-order valence-electron chi connectivity index (χ1n) is 8.33. The minimum atomic E-state index is -5.27. The van der Waals surface area contributed by atoms with Crippen molar-refractivity contribution in [1.82, 2.24) is 15.0 Å². The highest BCUT2D eigenvalue weighted by atomic mass is 32.2. The molecule has 0 unspecified atom stereocenters. The summed E-state index contributed by atoms with van der Waals surface area (Å²) in [7, 11) is -5.27. The molecule has 15 heteroatoms. The fourth-order valence-electron chi connectivity index (χ4n) is 2.44. The number of rotatable bonds is 6. The quantitative estimate of drug-likeness (QED) is 0.409. The Morgan fingerprint density at radius 3 is 2.44 bits per heavy atom. The lowest BCUT2D eigenvalue weighted by Gasteiger charge is -2.14.